The van der Waals surface area contributed by atoms with Crippen LogP contribution < -0.4 is 15.0 Å². The predicted octanol–water partition coefficient (Wildman–Crippen LogP) is 6.36. The molecule has 6 rings (SSSR count). The first kappa shape index (κ1) is 29.5. The zero-order valence-electron chi connectivity index (χ0n) is 24.9. The molecule has 8 nitrogen and oxygen atoms in total. The Morgan fingerprint density at radius 2 is 1.52 bits per heavy atom. The van der Waals surface area contributed by atoms with Gasteiger partial charge >= 0.3 is 5.97 Å². The third-order valence-corrected chi connectivity index (χ3v) is 8.40. The summed E-state index contributed by atoms with van der Waals surface area (Å²) in [4.78, 5) is 38.1. The summed E-state index contributed by atoms with van der Waals surface area (Å²) in [5, 5.41) is 3.22. The number of aromatic nitrogens is 2. The average molecular weight is 591 g/mol. The van der Waals surface area contributed by atoms with Crippen molar-refractivity contribution >= 4 is 17.6 Å². The standard InChI is InChI=1S/C36H38N4O4/c41-35(32-18-19-37-32)40(23-29-21-39-33(22-38-29)28-14-8-3-9-15-28)30-16-17-31(36(42)44-25-27-12-6-2-7-13-27)34(20-30)43-24-26-10-4-1-5-11-26/h1-2,4-7,10-13,16-17,20-22,28,32,37H,3,8-9,14-15,18-19,23-25H2/t32-/m1/s1. The Balaban J connectivity index is 1.26. The fourth-order valence-corrected chi connectivity index (χ4v) is 5.70. The number of rotatable bonds is 11. The van der Waals surface area contributed by atoms with E-state index in [-0.39, 0.29) is 31.7 Å². The lowest BCUT2D eigenvalue weighted by molar-refractivity contribution is -0.122. The van der Waals surface area contributed by atoms with E-state index >= 15 is 0 Å². The number of hydrogen-bond donors (Lipinski definition) is 1. The first-order valence-electron chi connectivity index (χ1n) is 15.5. The van der Waals surface area contributed by atoms with Crippen LogP contribution in [0.5, 0.6) is 5.75 Å². The van der Waals surface area contributed by atoms with E-state index in [1.165, 1.54) is 19.3 Å². The molecule has 0 radical (unpaired) electrons. The van der Waals surface area contributed by atoms with Crippen LogP contribution in [-0.2, 0) is 29.3 Å². The van der Waals surface area contributed by atoms with Crippen LogP contribution in [0, 0.1) is 0 Å². The van der Waals surface area contributed by atoms with E-state index in [9.17, 15) is 9.59 Å². The van der Waals surface area contributed by atoms with Crippen molar-refractivity contribution in [2.24, 2.45) is 0 Å². The summed E-state index contributed by atoms with van der Waals surface area (Å²) < 4.78 is 11.9. The smallest absolute Gasteiger partial charge is 0.342 e. The van der Waals surface area contributed by atoms with Crippen molar-refractivity contribution in [3.05, 3.63) is 119 Å². The normalized spacial score (nSPS) is 16.5. The maximum absolute atomic E-state index is 13.7. The van der Waals surface area contributed by atoms with Gasteiger partial charge in [-0.25, -0.2) is 4.79 Å². The second-order valence-corrected chi connectivity index (χ2v) is 11.5. The molecule has 44 heavy (non-hydrogen) atoms. The van der Waals surface area contributed by atoms with Gasteiger partial charge in [0.05, 0.1) is 30.2 Å². The quantitative estimate of drug-likeness (QED) is 0.203. The molecule has 0 bridgehead atoms. The van der Waals surface area contributed by atoms with Gasteiger partial charge in [-0.3, -0.25) is 14.8 Å². The monoisotopic (exact) mass is 590 g/mol. The molecule has 1 aromatic heterocycles. The van der Waals surface area contributed by atoms with Crippen LogP contribution in [0.2, 0.25) is 0 Å². The number of nitrogens with one attached hydrogen (secondary N) is 1. The minimum atomic E-state index is -0.494. The Morgan fingerprint density at radius 3 is 2.16 bits per heavy atom. The summed E-state index contributed by atoms with van der Waals surface area (Å²) >= 11 is 0. The highest BCUT2D eigenvalue weighted by molar-refractivity contribution is 5.99. The number of carbonyl (C=O) groups excluding carboxylic acids is 2. The zero-order chi connectivity index (χ0) is 30.1. The summed E-state index contributed by atoms with van der Waals surface area (Å²) in [5.74, 6) is 0.261. The Kier molecular flexibility index (Phi) is 9.57. The number of nitrogens with zero attached hydrogens (tertiary/aromatic N) is 3. The van der Waals surface area contributed by atoms with Crippen LogP contribution in [-0.4, -0.2) is 34.4 Å². The maximum Gasteiger partial charge on any atom is 0.342 e. The van der Waals surface area contributed by atoms with Gasteiger partial charge in [-0.1, -0.05) is 79.9 Å². The van der Waals surface area contributed by atoms with Gasteiger partial charge in [0, 0.05) is 23.9 Å². The second-order valence-electron chi connectivity index (χ2n) is 11.5. The predicted molar refractivity (Wildman–Crippen MR) is 168 cm³/mol. The van der Waals surface area contributed by atoms with Gasteiger partial charge in [-0.2, -0.15) is 0 Å². The Labute approximate surface area is 258 Å². The molecule has 0 unspecified atom stereocenters. The molecule has 1 amide bonds. The number of esters is 1. The van der Waals surface area contributed by atoms with Gasteiger partial charge in [-0.05, 0) is 49.1 Å². The largest absolute Gasteiger partial charge is 0.488 e. The van der Waals surface area contributed by atoms with E-state index in [1.807, 2.05) is 66.9 Å². The van der Waals surface area contributed by atoms with Gasteiger partial charge < -0.3 is 19.7 Å². The van der Waals surface area contributed by atoms with Crippen LogP contribution in [0.3, 0.4) is 0 Å². The number of anilines is 1. The third kappa shape index (κ3) is 7.32. The van der Waals surface area contributed by atoms with Crippen molar-refractivity contribution in [3.63, 3.8) is 0 Å². The van der Waals surface area contributed by atoms with Crippen molar-refractivity contribution in [1.29, 1.82) is 0 Å². The van der Waals surface area contributed by atoms with Crippen molar-refractivity contribution in [3.8, 4) is 5.75 Å². The number of ether oxygens (including phenoxy) is 2. The molecular weight excluding hydrogens is 552 g/mol. The minimum Gasteiger partial charge on any atom is -0.488 e. The molecule has 1 atom stereocenters. The zero-order valence-corrected chi connectivity index (χ0v) is 24.9. The van der Waals surface area contributed by atoms with Crippen LogP contribution in [0.4, 0.5) is 5.69 Å². The molecule has 1 saturated heterocycles. The summed E-state index contributed by atoms with van der Waals surface area (Å²) in [7, 11) is 0. The fraction of sp³-hybridized carbons (Fsp3) is 0.333. The number of hydrogen-bond acceptors (Lipinski definition) is 7. The molecule has 3 aromatic carbocycles. The van der Waals surface area contributed by atoms with E-state index in [0.717, 1.165) is 42.6 Å². The molecule has 4 aromatic rings. The third-order valence-electron chi connectivity index (χ3n) is 8.40. The fourth-order valence-electron chi connectivity index (χ4n) is 5.70. The molecule has 1 N–H and O–H groups in total. The van der Waals surface area contributed by atoms with Crippen molar-refractivity contribution in [2.75, 3.05) is 11.4 Å². The van der Waals surface area contributed by atoms with Gasteiger partial charge in [0.2, 0.25) is 5.91 Å². The summed E-state index contributed by atoms with van der Waals surface area (Å²) in [5.41, 5.74) is 4.50. The molecule has 2 heterocycles. The van der Waals surface area contributed by atoms with E-state index in [2.05, 4.69) is 5.32 Å². The van der Waals surface area contributed by atoms with Crippen molar-refractivity contribution in [1.82, 2.24) is 15.3 Å². The van der Waals surface area contributed by atoms with Crippen molar-refractivity contribution in [2.45, 2.75) is 70.2 Å². The molecule has 2 fully saturated rings. The summed E-state index contributed by atoms with van der Waals surface area (Å²) in [6.07, 6.45) is 10.5. The van der Waals surface area contributed by atoms with E-state index < -0.39 is 5.97 Å². The molecule has 226 valence electrons. The lowest BCUT2D eigenvalue weighted by Gasteiger charge is -2.33. The molecular formula is C36H38N4O4. The van der Waals surface area contributed by atoms with Crippen LogP contribution in [0.25, 0.3) is 0 Å². The first-order valence-corrected chi connectivity index (χ1v) is 15.5. The minimum absolute atomic E-state index is 0.0529. The summed E-state index contributed by atoms with van der Waals surface area (Å²) in [6.45, 7) is 1.46. The SMILES string of the molecule is O=C(OCc1ccccc1)c1ccc(N(Cc2cnc(C3CCCCC3)cn2)C(=O)[C@H]2CCN2)cc1OCc1ccccc1. The van der Waals surface area contributed by atoms with E-state index in [0.29, 0.717) is 28.6 Å². The van der Waals surface area contributed by atoms with Crippen molar-refractivity contribution < 1.29 is 19.1 Å². The number of carbonyl (C=O) groups is 2. The van der Waals surface area contributed by atoms with Gasteiger partial charge in [0.25, 0.3) is 0 Å². The molecule has 2 aliphatic rings. The van der Waals surface area contributed by atoms with Gasteiger partial charge in [0.15, 0.2) is 0 Å². The number of amides is 1. The highest BCUT2D eigenvalue weighted by atomic mass is 16.5. The second kappa shape index (κ2) is 14.3. The molecule has 1 aliphatic carbocycles. The average Bonchev–Trinajstić information content (AvgIpc) is 3.06. The van der Waals surface area contributed by atoms with E-state index in [1.54, 1.807) is 29.3 Å². The van der Waals surface area contributed by atoms with Gasteiger partial charge in [-0.15, -0.1) is 0 Å². The number of benzene rings is 3. The highest BCUT2D eigenvalue weighted by Crippen LogP contribution is 2.32. The highest BCUT2D eigenvalue weighted by Gasteiger charge is 2.31. The lowest BCUT2D eigenvalue weighted by atomic mass is 9.87. The van der Waals surface area contributed by atoms with Crippen LogP contribution in [0.1, 0.15) is 77.3 Å². The van der Waals surface area contributed by atoms with E-state index in [4.69, 9.17) is 19.4 Å². The topological polar surface area (TPSA) is 93.7 Å². The Morgan fingerprint density at radius 1 is 0.818 bits per heavy atom. The van der Waals surface area contributed by atoms with Crippen LogP contribution in [0.15, 0.2) is 91.3 Å². The Bertz CT molecular complexity index is 1540. The first-order chi connectivity index (χ1) is 21.6. The lowest BCUT2D eigenvalue weighted by Crippen LogP contribution is -2.54. The maximum atomic E-state index is 13.7. The Hall–Kier alpha value is -4.56. The summed E-state index contributed by atoms with van der Waals surface area (Å²) in [6, 6.07) is 24.2. The molecule has 0 spiro atoms. The van der Waals surface area contributed by atoms with Gasteiger partial charge in [0.1, 0.15) is 24.5 Å². The molecule has 8 heteroatoms. The van der Waals surface area contributed by atoms with Crippen LogP contribution >= 0.6 is 0 Å². The molecule has 1 aliphatic heterocycles. The molecule has 1 saturated carbocycles.